The third kappa shape index (κ3) is 2.79. The first-order chi connectivity index (χ1) is 10.2. The van der Waals surface area contributed by atoms with Crippen LogP contribution in [0.15, 0.2) is 29.3 Å². The van der Waals surface area contributed by atoms with E-state index in [-0.39, 0.29) is 5.82 Å². The molecular weight excluding hydrogens is 283 g/mol. The molecule has 0 saturated heterocycles. The van der Waals surface area contributed by atoms with Gasteiger partial charge in [-0.15, -0.1) is 11.8 Å². The van der Waals surface area contributed by atoms with E-state index in [2.05, 4.69) is 11.1 Å². The van der Waals surface area contributed by atoms with Crippen LogP contribution in [0, 0.1) is 24.1 Å². The number of hydrogen-bond donors (Lipinski definition) is 0. The standard InChI is InChI=1S/C17H15FN2S/c1-11-14-6-3-7-16(14)20-17(15(11)9-19)21-10-12-4-2-5-13(18)8-12/h2,4-5,8H,3,6-7,10H2,1H3. The van der Waals surface area contributed by atoms with Gasteiger partial charge in [-0.05, 0) is 55.0 Å². The van der Waals surface area contributed by atoms with Crippen molar-refractivity contribution >= 4 is 11.8 Å². The average Bonchev–Trinajstić information content (AvgIpc) is 2.94. The highest BCUT2D eigenvalue weighted by atomic mass is 32.2. The Morgan fingerprint density at radius 3 is 3.00 bits per heavy atom. The van der Waals surface area contributed by atoms with Gasteiger partial charge in [0.2, 0.25) is 0 Å². The lowest BCUT2D eigenvalue weighted by Gasteiger charge is -2.11. The van der Waals surface area contributed by atoms with Crippen LogP contribution < -0.4 is 0 Å². The van der Waals surface area contributed by atoms with Gasteiger partial charge in [0.25, 0.3) is 0 Å². The van der Waals surface area contributed by atoms with E-state index in [0.29, 0.717) is 11.3 Å². The van der Waals surface area contributed by atoms with Crippen LogP contribution in [-0.2, 0) is 18.6 Å². The summed E-state index contributed by atoms with van der Waals surface area (Å²) in [7, 11) is 0. The van der Waals surface area contributed by atoms with Crippen molar-refractivity contribution in [2.24, 2.45) is 0 Å². The van der Waals surface area contributed by atoms with Crippen LogP contribution in [-0.4, -0.2) is 4.98 Å². The maximum absolute atomic E-state index is 13.2. The minimum absolute atomic E-state index is 0.230. The molecule has 2 aromatic rings. The third-order valence-corrected chi connectivity index (χ3v) is 4.89. The van der Waals surface area contributed by atoms with E-state index in [4.69, 9.17) is 0 Å². The molecule has 0 amide bonds. The number of halogens is 1. The van der Waals surface area contributed by atoms with Crippen LogP contribution >= 0.6 is 11.8 Å². The first kappa shape index (κ1) is 14.1. The van der Waals surface area contributed by atoms with Crippen molar-refractivity contribution in [3.05, 3.63) is 58.0 Å². The highest BCUT2D eigenvalue weighted by Gasteiger charge is 2.20. The number of benzene rings is 1. The van der Waals surface area contributed by atoms with Gasteiger partial charge in [0.05, 0.1) is 5.56 Å². The van der Waals surface area contributed by atoms with Gasteiger partial charge in [-0.25, -0.2) is 9.37 Å². The fraction of sp³-hybridized carbons (Fsp3) is 0.294. The number of nitrogens with zero attached hydrogens (tertiary/aromatic N) is 2. The molecule has 1 aromatic heterocycles. The molecule has 0 atom stereocenters. The monoisotopic (exact) mass is 298 g/mol. The number of aromatic nitrogens is 1. The summed E-state index contributed by atoms with van der Waals surface area (Å²) in [5.74, 6) is 0.393. The topological polar surface area (TPSA) is 36.7 Å². The fourth-order valence-corrected chi connectivity index (χ4v) is 3.76. The summed E-state index contributed by atoms with van der Waals surface area (Å²) in [6.07, 6.45) is 3.14. The van der Waals surface area contributed by atoms with Crippen molar-refractivity contribution in [3.8, 4) is 6.07 Å². The Labute approximate surface area is 128 Å². The molecule has 1 aliphatic carbocycles. The lowest BCUT2D eigenvalue weighted by atomic mass is 10.0. The number of nitriles is 1. The van der Waals surface area contributed by atoms with Crippen LogP contribution in [0.25, 0.3) is 0 Å². The smallest absolute Gasteiger partial charge is 0.123 e. The summed E-state index contributed by atoms with van der Waals surface area (Å²) < 4.78 is 13.2. The Morgan fingerprint density at radius 1 is 1.38 bits per heavy atom. The normalized spacial score (nSPS) is 13.0. The van der Waals surface area contributed by atoms with Crippen molar-refractivity contribution in [2.75, 3.05) is 0 Å². The first-order valence-electron chi connectivity index (χ1n) is 6.98. The maximum atomic E-state index is 13.2. The van der Waals surface area contributed by atoms with Gasteiger partial charge in [-0.3, -0.25) is 0 Å². The molecule has 0 saturated carbocycles. The first-order valence-corrected chi connectivity index (χ1v) is 7.97. The van der Waals surface area contributed by atoms with Gasteiger partial charge in [0.15, 0.2) is 0 Å². The highest BCUT2D eigenvalue weighted by molar-refractivity contribution is 7.98. The van der Waals surface area contributed by atoms with Crippen molar-refractivity contribution in [1.29, 1.82) is 5.26 Å². The number of pyridine rings is 1. The Hall–Kier alpha value is -1.86. The number of hydrogen-bond acceptors (Lipinski definition) is 3. The van der Waals surface area contributed by atoms with Gasteiger partial charge >= 0.3 is 0 Å². The van der Waals surface area contributed by atoms with E-state index < -0.39 is 0 Å². The molecule has 106 valence electrons. The zero-order chi connectivity index (χ0) is 14.8. The van der Waals surface area contributed by atoms with Crippen molar-refractivity contribution in [1.82, 2.24) is 4.98 Å². The Kier molecular flexibility index (Phi) is 3.94. The second kappa shape index (κ2) is 5.87. The fourth-order valence-electron chi connectivity index (χ4n) is 2.76. The summed E-state index contributed by atoms with van der Waals surface area (Å²) >= 11 is 1.51. The molecule has 1 aromatic carbocycles. The molecule has 21 heavy (non-hydrogen) atoms. The van der Waals surface area contributed by atoms with E-state index in [1.165, 1.54) is 29.5 Å². The SMILES string of the molecule is Cc1c(C#N)c(SCc2cccc(F)c2)nc2c1CCC2. The molecule has 0 fully saturated rings. The van der Waals surface area contributed by atoms with E-state index in [1.807, 2.05) is 13.0 Å². The predicted octanol–water partition coefficient (Wildman–Crippen LogP) is 4.18. The van der Waals surface area contributed by atoms with Crippen molar-refractivity contribution in [2.45, 2.75) is 37.0 Å². The molecule has 2 nitrogen and oxygen atoms in total. The minimum Gasteiger partial charge on any atom is -0.245 e. The minimum atomic E-state index is -0.230. The third-order valence-electron chi connectivity index (χ3n) is 3.84. The molecule has 1 heterocycles. The molecular formula is C17H15FN2S. The predicted molar refractivity (Wildman–Crippen MR) is 81.7 cm³/mol. The number of fused-ring (bicyclic) bond motifs is 1. The molecule has 0 N–H and O–H groups in total. The second-order valence-corrected chi connectivity index (χ2v) is 6.19. The Bertz CT molecular complexity index is 734. The van der Waals surface area contributed by atoms with E-state index in [0.717, 1.165) is 41.1 Å². The summed E-state index contributed by atoms with van der Waals surface area (Å²) in [5, 5.41) is 10.2. The van der Waals surface area contributed by atoms with Crippen LogP contribution in [0.3, 0.4) is 0 Å². The zero-order valence-corrected chi connectivity index (χ0v) is 12.6. The van der Waals surface area contributed by atoms with Crippen molar-refractivity contribution < 1.29 is 4.39 Å². The van der Waals surface area contributed by atoms with Gasteiger partial charge in [-0.2, -0.15) is 5.26 Å². The number of rotatable bonds is 3. The van der Waals surface area contributed by atoms with Gasteiger partial charge in [-0.1, -0.05) is 12.1 Å². The second-order valence-electron chi connectivity index (χ2n) is 5.23. The van der Waals surface area contributed by atoms with E-state index in [1.54, 1.807) is 6.07 Å². The summed E-state index contributed by atoms with van der Waals surface area (Å²) in [6.45, 7) is 2.01. The van der Waals surface area contributed by atoms with Crippen molar-refractivity contribution in [3.63, 3.8) is 0 Å². The largest absolute Gasteiger partial charge is 0.245 e. The Balaban J connectivity index is 1.89. The van der Waals surface area contributed by atoms with Gasteiger partial charge in [0, 0.05) is 11.4 Å². The molecule has 0 aliphatic heterocycles. The maximum Gasteiger partial charge on any atom is 0.123 e. The molecule has 1 aliphatic rings. The van der Waals surface area contributed by atoms with Crippen LogP contribution in [0.4, 0.5) is 4.39 Å². The summed E-state index contributed by atoms with van der Waals surface area (Å²) in [5.41, 5.74) is 5.04. The highest BCUT2D eigenvalue weighted by Crippen LogP contribution is 2.32. The molecule has 0 bridgehead atoms. The summed E-state index contributed by atoms with van der Waals surface area (Å²) in [4.78, 5) is 4.67. The van der Waals surface area contributed by atoms with Gasteiger partial charge in [0.1, 0.15) is 16.9 Å². The van der Waals surface area contributed by atoms with E-state index >= 15 is 0 Å². The van der Waals surface area contributed by atoms with Crippen LogP contribution in [0.1, 0.15) is 34.4 Å². The summed E-state index contributed by atoms with van der Waals surface area (Å²) in [6, 6.07) is 8.85. The number of aryl methyl sites for hydroxylation is 1. The zero-order valence-electron chi connectivity index (χ0n) is 11.8. The Morgan fingerprint density at radius 2 is 2.24 bits per heavy atom. The lowest BCUT2D eigenvalue weighted by molar-refractivity contribution is 0.626. The average molecular weight is 298 g/mol. The molecule has 3 rings (SSSR count). The van der Waals surface area contributed by atoms with Gasteiger partial charge < -0.3 is 0 Å². The van der Waals surface area contributed by atoms with Crippen LogP contribution in [0.2, 0.25) is 0 Å². The molecule has 0 spiro atoms. The number of thioether (sulfide) groups is 1. The molecule has 0 radical (unpaired) electrons. The molecule has 0 unspecified atom stereocenters. The van der Waals surface area contributed by atoms with Crippen LogP contribution in [0.5, 0.6) is 0 Å². The lowest BCUT2D eigenvalue weighted by Crippen LogP contribution is -2.00. The van der Waals surface area contributed by atoms with E-state index in [9.17, 15) is 9.65 Å². The molecule has 4 heteroatoms. The quantitative estimate of drug-likeness (QED) is 0.798.